The molecule has 4 aliphatic rings. The Labute approximate surface area is 165 Å². The predicted molar refractivity (Wildman–Crippen MR) is 110 cm³/mol. The van der Waals surface area contributed by atoms with Crippen LogP contribution in [0.25, 0.3) is 11.5 Å². The van der Waals surface area contributed by atoms with Gasteiger partial charge >= 0.3 is 5.69 Å². The molecule has 1 aliphatic carbocycles. The van der Waals surface area contributed by atoms with Crippen molar-refractivity contribution in [3.63, 3.8) is 0 Å². The number of fused-ring (bicyclic) bond motifs is 3. The smallest absolute Gasteiger partial charge is 0.331 e. The normalized spacial score (nSPS) is 19.2. The van der Waals surface area contributed by atoms with E-state index in [0.717, 1.165) is 48.8 Å². The van der Waals surface area contributed by atoms with Gasteiger partial charge in [-0.05, 0) is 31.2 Å². The second kappa shape index (κ2) is 7.08. The molecule has 0 spiro atoms. The van der Waals surface area contributed by atoms with Crippen LogP contribution in [0.15, 0.2) is 35.1 Å². The number of hydrogen-bond donors (Lipinski definition) is 1. The van der Waals surface area contributed by atoms with E-state index in [2.05, 4.69) is 36.5 Å². The van der Waals surface area contributed by atoms with Crippen molar-refractivity contribution in [1.82, 2.24) is 19.1 Å². The second-order valence-corrected chi connectivity index (χ2v) is 8.16. The van der Waals surface area contributed by atoms with Crippen LogP contribution < -0.4 is 11.0 Å². The molecule has 0 radical (unpaired) electrons. The highest BCUT2D eigenvalue weighted by atomic mass is 16.1. The minimum Gasteiger partial charge on any atom is -0.365 e. The number of imidazole rings is 1. The Morgan fingerprint density at radius 3 is 2.68 bits per heavy atom. The van der Waals surface area contributed by atoms with E-state index in [1.165, 1.54) is 18.4 Å². The molecule has 6 nitrogen and oxygen atoms in total. The van der Waals surface area contributed by atoms with E-state index in [1.54, 1.807) is 0 Å². The summed E-state index contributed by atoms with van der Waals surface area (Å²) in [5.41, 5.74) is 2.18. The Morgan fingerprint density at radius 1 is 1.14 bits per heavy atom. The van der Waals surface area contributed by atoms with Gasteiger partial charge in [0.1, 0.15) is 17.3 Å². The van der Waals surface area contributed by atoms with Gasteiger partial charge < -0.3 is 5.32 Å². The molecule has 1 aromatic rings. The molecule has 0 saturated heterocycles. The van der Waals surface area contributed by atoms with Crippen LogP contribution in [0.4, 0.5) is 5.82 Å². The van der Waals surface area contributed by atoms with Crippen molar-refractivity contribution >= 4 is 5.82 Å². The Balaban J connectivity index is 1.55. The van der Waals surface area contributed by atoms with E-state index >= 15 is 0 Å². The molecule has 0 aromatic heterocycles. The highest BCUT2D eigenvalue weighted by Crippen LogP contribution is 2.37. The molecule has 1 N–H and O–H groups in total. The summed E-state index contributed by atoms with van der Waals surface area (Å²) in [5, 5.41) is 3.59. The summed E-state index contributed by atoms with van der Waals surface area (Å²) in [6.45, 7) is 3.46. The molecule has 0 unspecified atom stereocenters. The van der Waals surface area contributed by atoms with Crippen LogP contribution in [-0.4, -0.2) is 25.1 Å². The van der Waals surface area contributed by atoms with Gasteiger partial charge in [-0.25, -0.2) is 14.8 Å². The molecule has 3 heterocycles. The van der Waals surface area contributed by atoms with Crippen LogP contribution in [0.2, 0.25) is 0 Å². The summed E-state index contributed by atoms with van der Waals surface area (Å²) < 4.78 is 3.70. The largest absolute Gasteiger partial charge is 0.365 e. The number of rotatable bonds is 5. The maximum Gasteiger partial charge on any atom is 0.331 e. The summed E-state index contributed by atoms with van der Waals surface area (Å²) in [6.07, 6.45) is 6.62. The zero-order chi connectivity index (χ0) is 19.1. The van der Waals surface area contributed by atoms with Crippen LogP contribution in [0, 0.1) is 0 Å². The van der Waals surface area contributed by atoms with Crippen molar-refractivity contribution in [3.05, 3.63) is 52.2 Å². The third kappa shape index (κ3) is 2.91. The molecule has 6 heteroatoms. The monoisotopic (exact) mass is 377 g/mol. The molecule has 28 heavy (non-hydrogen) atoms. The molecular formula is C22H27N5O. The van der Waals surface area contributed by atoms with E-state index in [-0.39, 0.29) is 11.7 Å². The van der Waals surface area contributed by atoms with Crippen molar-refractivity contribution in [3.8, 4) is 11.5 Å². The van der Waals surface area contributed by atoms with Gasteiger partial charge in [0.25, 0.3) is 0 Å². The molecule has 1 fully saturated rings. The van der Waals surface area contributed by atoms with Crippen molar-refractivity contribution in [1.29, 1.82) is 0 Å². The molecule has 1 saturated carbocycles. The second-order valence-electron chi connectivity index (χ2n) is 8.16. The lowest BCUT2D eigenvalue weighted by Gasteiger charge is -2.13. The Kier molecular flexibility index (Phi) is 4.41. The zero-order valence-corrected chi connectivity index (χ0v) is 16.4. The van der Waals surface area contributed by atoms with Gasteiger partial charge in [0.15, 0.2) is 5.82 Å². The van der Waals surface area contributed by atoms with Crippen molar-refractivity contribution < 1.29 is 0 Å². The van der Waals surface area contributed by atoms with E-state index in [1.807, 2.05) is 15.2 Å². The van der Waals surface area contributed by atoms with Gasteiger partial charge in [-0.1, -0.05) is 50.1 Å². The average Bonchev–Trinajstić information content (AvgIpc) is 3.44. The molecule has 5 rings (SSSR count). The maximum atomic E-state index is 13.2. The van der Waals surface area contributed by atoms with Crippen molar-refractivity contribution in [2.45, 2.75) is 70.5 Å². The summed E-state index contributed by atoms with van der Waals surface area (Å²) in [4.78, 5) is 23.0. The summed E-state index contributed by atoms with van der Waals surface area (Å²) in [5.74, 6) is 2.98. The van der Waals surface area contributed by atoms with E-state index in [0.29, 0.717) is 19.0 Å². The first-order valence-corrected chi connectivity index (χ1v) is 10.6. The Hall–Kier alpha value is -2.63. The first-order valence-electron chi connectivity index (χ1n) is 10.6. The number of hydrogen-bond acceptors (Lipinski definition) is 4. The van der Waals surface area contributed by atoms with Gasteiger partial charge in [-0.3, -0.25) is 9.13 Å². The molecule has 1 atom stereocenters. The van der Waals surface area contributed by atoms with Crippen molar-refractivity contribution in [2.75, 3.05) is 5.32 Å². The summed E-state index contributed by atoms with van der Waals surface area (Å²) >= 11 is 0. The number of nitrogens with zero attached hydrogens (tertiary/aromatic N) is 4. The fourth-order valence-corrected chi connectivity index (χ4v) is 4.74. The first kappa shape index (κ1) is 17.5. The van der Waals surface area contributed by atoms with Gasteiger partial charge in [-0.15, -0.1) is 0 Å². The quantitative estimate of drug-likeness (QED) is 0.737. The number of benzene rings is 1. The average molecular weight is 377 g/mol. The standard InChI is InChI=1S/C22H27N5O/c1-2-12-26-21-18(24-19(25-21)16-10-6-7-11-16)20-23-17(14-27(20)22(26)28)13-15-8-4-3-5-9-15/h3-5,8-9,16-17,23H,2,6-7,10-14H2,1H3/t17-/m1/s1. The lowest BCUT2D eigenvalue weighted by molar-refractivity contribution is 0.560. The number of nitrogens with one attached hydrogen (secondary N) is 1. The van der Waals surface area contributed by atoms with Gasteiger partial charge in [-0.2, -0.15) is 0 Å². The Morgan fingerprint density at radius 2 is 1.93 bits per heavy atom. The molecule has 0 amide bonds. The molecule has 1 aromatic carbocycles. The van der Waals surface area contributed by atoms with Crippen LogP contribution in [-0.2, 0) is 19.5 Å². The topological polar surface area (TPSA) is 64.7 Å². The van der Waals surface area contributed by atoms with E-state index < -0.39 is 0 Å². The van der Waals surface area contributed by atoms with Gasteiger partial charge in [0, 0.05) is 25.0 Å². The molecule has 146 valence electrons. The highest BCUT2D eigenvalue weighted by Gasteiger charge is 2.33. The van der Waals surface area contributed by atoms with Crippen LogP contribution in [0.1, 0.15) is 56.3 Å². The molecule has 3 aliphatic heterocycles. The van der Waals surface area contributed by atoms with Crippen molar-refractivity contribution in [2.24, 2.45) is 0 Å². The van der Waals surface area contributed by atoms with Crippen LogP contribution in [0.3, 0.4) is 0 Å². The number of aromatic nitrogens is 4. The van der Waals surface area contributed by atoms with Gasteiger partial charge in [0.2, 0.25) is 0 Å². The summed E-state index contributed by atoms with van der Waals surface area (Å²) in [6, 6.07) is 10.6. The third-order valence-corrected chi connectivity index (χ3v) is 6.11. The lowest BCUT2D eigenvalue weighted by Crippen LogP contribution is -2.32. The Bertz CT molecular complexity index is 1000. The molecular weight excluding hydrogens is 350 g/mol. The number of anilines is 1. The summed E-state index contributed by atoms with van der Waals surface area (Å²) in [7, 11) is 0. The fourth-order valence-electron chi connectivity index (χ4n) is 4.74. The zero-order valence-electron chi connectivity index (χ0n) is 16.4. The minimum absolute atomic E-state index is 0.0327. The van der Waals surface area contributed by atoms with Gasteiger partial charge in [0.05, 0.1) is 0 Å². The van der Waals surface area contributed by atoms with E-state index in [9.17, 15) is 4.79 Å². The first-order chi connectivity index (χ1) is 13.7. The highest BCUT2D eigenvalue weighted by molar-refractivity contribution is 5.70. The fraction of sp³-hybridized carbons (Fsp3) is 0.500. The SMILES string of the molecule is CCCn1c2nc(C3CCCC3)nc-2c2n(c1=O)C[C@@H](Cc1ccccc1)N2. The molecule has 0 bridgehead atoms. The minimum atomic E-state index is 0.0327. The van der Waals surface area contributed by atoms with E-state index in [4.69, 9.17) is 9.97 Å². The maximum absolute atomic E-state index is 13.2. The van der Waals surface area contributed by atoms with Crippen LogP contribution >= 0.6 is 0 Å². The lowest BCUT2D eigenvalue weighted by atomic mass is 10.1. The predicted octanol–water partition coefficient (Wildman–Crippen LogP) is 3.65. The van der Waals surface area contributed by atoms with Crippen LogP contribution in [0.5, 0.6) is 0 Å². The third-order valence-electron chi connectivity index (χ3n) is 6.11.